The van der Waals surface area contributed by atoms with Crippen LogP contribution in [0.5, 0.6) is 0 Å². The van der Waals surface area contributed by atoms with Crippen LogP contribution in [-0.4, -0.2) is 29.1 Å². The summed E-state index contributed by atoms with van der Waals surface area (Å²) in [6, 6.07) is 15.4. The van der Waals surface area contributed by atoms with Gasteiger partial charge in [0, 0.05) is 12.5 Å². The Morgan fingerprint density at radius 2 is 1.66 bits per heavy atom. The molecular formula is C22H27N3O4. The van der Waals surface area contributed by atoms with Crippen LogP contribution in [0.4, 0.5) is 4.79 Å². The summed E-state index contributed by atoms with van der Waals surface area (Å²) in [6.07, 6.45) is 0.803. The second-order valence-electron chi connectivity index (χ2n) is 7.01. The van der Waals surface area contributed by atoms with Crippen molar-refractivity contribution >= 4 is 17.9 Å². The number of carbonyl (C=O) groups excluding carboxylic acids is 2. The number of urea groups is 1. The average molecular weight is 397 g/mol. The van der Waals surface area contributed by atoms with Gasteiger partial charge < -0.3 is 21.5 Å². The van der Waals surface area contributed by atoms with Crippen LogP contribution in [0.15, 0.2) is 54.6 Å². The van der Waals surface area contributed by atoms with Crippen molar-refractivity contribution in [2.24, 2.45) is 5.73 Å². The number of hydrogen-bond acceptors (Lipinski definition) is 3. The number of hydrogen-bond donors (Lipinski definition) is 4. The standard InChI is InChI=1S/C22H27N3O4/c1-15-7-5-6-10-18(15)19(25-22(23)29)14-20(26)24-17(11-12-21(27)28)13-16-8-3-2-4-9-16/h2-10,17,19H,11-14H2,1H3,(H,24,26)(H,27,28)(H3,23,25,29). The van der Waals surface area contributed by atoms with Crippen LogP contribution in [0.1, 0.15) is 42.0 Å². The molecule has 0 aliphatic carbocycles. The van der Waals surface area contributed by atoms with Gasteiger partial charge in [-0.25, -0.2) is 4.79 Å². The summed E-state index contributed by atoms with van der Waals surface area (Å²) < 4.78 is 0. The van der Waals surface area contributed by atoms with Gasteiger partial charge >= 0.3 is 12.0 Å². The fraction of sp³-hybridized carbons (Fsp3) is 0.318. The summed E-state index contributed by atoms with van der Waals surface area (Å²) in [4.78, 5) is 35.1. The van der Waals surface area contributed by atoms with E-state index in [1.165, 1.54) is 0 Å². The maximum absolute atomic E-state index is 12.7. The third-order valence-corrected chi connectivity index (χ3v) is 4.67. The normalized spacial score (nSPS) is 12.6. The Balaban J connectivity index is 2.09. The fourth-order valence-corrected chi connectivity index (χ4v) is 3.28. The average Bonchev–Trinajstić information content (AvgIpc) is 2.66. The van der Waals surface area contributed by atoms with Crippen molar-refractivity contribution in [1.29, 1.82) is 0 Å². The third kappa shape index (κ3) is 7.65. The first kappa shape index (κ1) is 21.9. The van der Waals surface area contributed by atoms with E-state index >= 15 is 0 Å². The second-order valence-corrected chi connectivity index (χ2v) is 7.01. The molecule has 0 aliphatic rings. The summed E-state index contributed by atoms with van der Waals surface area (Å²) in [7, 11) is 0. The summed E-state index contributed by atoms with van der Waals surface area (Å²) in [5.74, 6) is -1.19. The number of nitrogens with one attached hydrogen (secondary N) is 2. The Labute approximate surface area is 170 Å². The molecule has 0 radical (unpaired) electrons. The molecule has 7 nitrogen and oxygen atoms in total. The minimum Gasteiger partial charge on any atom is -0.481 e. The molecule has 2 unspecified atom stereocenters. The Morgan fingerprint density at radius 1 is 1.00 bits per heavy atom. The number of rotatable bonds is 10. The smallest absolute Gasteiger partial charge is 0.312 e. The molecule has 0 aliphatic heterocycles. The number of nitrogens with two attached hydrogens (primary N) is 1. The minimum atomic E-state index is -0.912. The molecule has 0 saturated carbocycles. The first-order valence-electron chi connectivity index (χ1n) is 9.51. The number of aliphatic carboxylic acids is 1. The highest BCUT2D eigenvalue weighted by Crippen LogP contribution is 2.21. The number of aryl methyl sites for hydroxylation is 1. The molecule has 2 rings (SSSR count). The first-order valence-corrected chi connectivity index (χ1v) is 9.51. The lowest BCUT2D eigenvalue weighted by molar-refractivity contribution is -0.137. The van der Waals surface area contributed by atoms with Crippen LogP contribution >= 0.6 is 0 Å². The van der Waals surface area contributed by atoms with E-state index in [9.17, 15) is 14.4 Å². The highest BCUT2D eigenvalue weighted by atomic mass is 16.4. The Bertz CT molecular complexity index is 839. The lowest BCUT2D eigenvalue weighted by Gasteiger charge is -2.23. The molecule has 0 saturated heterocycles. The van der Waals surface area contributed by atoms with Crippen LogP contribution < -0.4 is 16.4 Å². The van der Waals surface area contributed by atoms with Gasteiger partial charge in [-0.3, -0.25) is 9.59 Å². The van der Waals surface area contributed by atoms with E-state index in [1.807, 2.05) is 61.5 Å². The number of carbonyl (C=O) groups is 3. The second kappa shape index (κ2) is 10.8. The van der Waals surface area contributed by atoms with Crippen LogP contribution in [0.2, 0.25) is 0 Å². The third-order valence-electron chi connectivity index (χ3n) is 4.67. The zero-order valence-electron chi connectivity index (χ0n) is 16.4. The largest absolute Gasteiger partial charge is 0.481 e. The number of primary amides is 1. The summed E-state index contributed by atoms with van der Waals surface area (Å²) >= 11 is 0. The van der Waals surface area contributed by atoms with Gasteiger partial charge in [0.2, 0.25) is 5.91 Å². The number of carboxylic acids is 1. The fourth-order valence-electron chi connectivity index (χ4n) is 3.28. The van der Waals surface area contributed by atoms with Gasteiger partial charge in [0.05, 0.1) is 12.5 Å². The number of amides is 3. The summed E-state index contributed by atoms with van der Waals surface area (Å²) in [6.45, 7) is 1.90. The molecule has 7 heteroatoms. The van der Waals surface area contributed by atoms with Crippen LogP contribution in [0.25, 0.3) is 0 Å². The molecule has 2 aromatic rings. The lowest BCUT2D eigenvalue weighted by atomic mass is 9.97. The molecule has 0 heterocycles. The van der Waals surface area contributed by atoms with Crippen molar-refractivity contribution < 1.29 is 19.5 Å². The molecule has 154 valence electrons. The highest BCUT2D eigenvalue weighted by molar-refractivity contribution is 5.79. The molecule has 0 fully saturated rings. The van der Waals surface area contributed by atoms with Crippen molar-refractivity contribution in [2.45, 2.75) is 44.7 Å². The van der Waals surface area contributed by atoms with Crippen molar-refractivity contribution in [3.8, 4) is 0 Å². The van der Waals surface area contributed by atoms with E-state index in [-0.39, 0.29) is 24.8 Å². The quantitative estimate of drug-likeness (QED) is 0.492. The molecule has 0 spiro atoms. The predicted octanol–water partition coefficient (Wildman–Crippen LogP) is 2.69. The maximum atomic E-state index is 12.7. The number of benzene rings is 2. The molecule has 2 aromatic carbocycles. The predicted molar refractivity (Wildman–Crippen MR) is 110 cm³/mol. The van der Waals surface area contributed by atoms with E-state index in [1.54, 1.807) is 0 Å². The van der Waals surface area contributed by atoms with Gasteiger partial charge in [-0.1, -0.05) is 54.6 Å². The molecule has 0 aromatic heterocycles. The molecule has 2 atom stereocenters. The Hall–Kier alpha value is -3.35. The van der Waals surface area contributed by atoms with Crippen molar-refractivity contribution in [3.05, 3.63) is 71.3 Å². The molecule has 5 N–H and O–H groups in total. The molecular weight excluding hydrogens is 370 g/mol. The maximum Gasteiger partial charge on any atom is 0.312 e. The van der Waals surface area contributed by atoms with E-state index in [2.05, 4.69) is 10.6 Å². The topological polar surface area (TPSA) is 122 Å². The zero-order valence-corrected chi connectivity index (χ0v) is 16.4. The lowest BCUT2D eigenvalue weighted by Crippen LogP contribution is -2.41. The van der Waals surface area contributed by atoms with Crippen LogP contribution in [0.3, 0.4) is 0 Å². The van der Waals surface area contributed by atoms with Gasteiger partial charge in [-0.2, -0.15) is 0 Å². The van der Waals surface area contributed by atoms with E-state index < -0.39 is 18.0 Å². The zero-order chi connectivity index (χ0) is 21.2. The van der Waals surface area contributed by atoms with Crippen molar-refractivity contribution in [3.63, 3.8) is 0 Å². The Morgan fingerprint density at radius 3 is 2.28 bits per heavy atom. The van der Waals surface area contributed by atoms with Gasteiger partial charge in [-0.15, -0.1) is 0 Å². The van der Waals surface area contributed by atoms with Crippen LogP contribution in [-0.2, 0) is 16.0 Å². The monoisotopic (exact) mass is 397 g/mol. The molecule has 29 heavy (non-hydrogen) atoms. The van der Waals surface area contributed by atoms with Crippen molar-refractivity contribution in [1.82, 2.24) is 10.6 Å². The number of carboxylic acid groups (broad SMARTS) is 1. The highest BCUT2D eigenvalue weighted by Gasteiger charge is 2.21. The van der Waals surface area contributed by atoms with E-state index in [0.717, 1.165) is 16.7 Å². The van der Waals surface area contributed by atoms with Crippen LogP contribution in [0, 0.1) is 6.92 Å². The summed E-state index contributed by atoms with van der Waals surface area (Å²) in [5.41, 5.74) is 8.05. The molecule has 0 bridgehead atoms. The molecule has 3 amide bonds. The SMILES string of the molecule is Cc1ccccc1C(CC(=O)NC(CCC(=O)O)Cc1ccccc1)NC(N)=O. The Kier molecular flexibility index (Phi) is 8.21. The van der Waals surface area contributed by atoms with Gasteiger partial charge in [0.1, 0.15) is 0 Å². The summed E-state index contributed by atoms with van der Waals surface area (Å²) in [5, 5.41) is 14.6. The van der Waals surface area contributed by atoms with E-state index in [0.29, 0.717) is 12.8 Å². The van der Waals surface area contributed by atoms with Gasteiger partial charge in [-0.05, 0) is 36.5 Å². The van der Waals surface area contributed by atoms with Gasteiger partial charge in [0.15, 0.2) is 0 Å². The van der Waals surface area contributed by atoms with E-state index in [4.69, 9.17) is 10.8 Å². The first-order chi connectivity index (χ1) is 13.8. The van der Waals surface area contributed by atoms with Crippen molar-refractivity contribution in [2.75, 3.05) is 0 Å². The minimum absolute atomic E-state index is 0.00611. The van der Waals surface area contributed by atoms with Gasteiger partial charge in [0.25, 0.3) is 0 Å².